The Morgan fingerprint density at radius 1 is 1.00 bits per heavy atom. The molecule has 0 radical (unpaired) electrons. The molecule has 1 saturated carbocycles. The van der Waals surface area contributed by atoms with Gasteiger partial charge in [-0.15, -0.1) is 0 Å². The number of carbonyl (C=O) groups is 1. The summed E-state index contributed by atoms with van der Waals surface area (Å²) in [6, 6.07) is 18.9. The summed E-state index contributed by atoms with van der Waals surface area (Å²) in [5.41, 5.74) is 3.47. The monoisotopic (exact) mass is 439 g/mol. The molecule has 1 spiro atoms. The number of hydrogen-bond acceptors (Lipinski definition) is 5. The highest BCUT2D eigenvalue weighted by Gasteiger charge is 2.42. The molecule has 6 nitrogen and oxygen atoms in total. The second-order valence-electron chi connectivity index (χ2n) is 9.01. The van der Waals surface area contributed by atoms with Crippen molar-refractivity contribution in [2.45, 2.75) is 43.6 Å². The molecule has 6 rings (SSSR count). The van der Waals surface area contributed by atoms with Gasteiger partial charge in [-0.1, -0.05) is 18.2 Å². The number of nitrogens with one attached hydrogen (secondary N) is 1. The largest absolute Gasteiger partial charge is 0.439 e. The molecule has 166 valence electrons. The van der Waals surface area contributed by atoms with E-state index in [9.17, 15) is 4.79 Å². The maximum Gasteiger partial charge on any atom is 0.228 e. The molecule has 1 aliphatic carbocycles. The second-order valence-corrected chi connectivity index (χ2v) is 9.01. The van der Waals surface area contributed by atoms with Crippen LogP contribution in [-0.2, 0) is 4.74 Å². The number of fused-ring (bicyclic) bond motifs is 1. The molecular weight excluding hydrogens is 414 g/mol. The predicted octanol–water partition coefficient (Wildman–Crippen LogP) is 5.80. The molecule has 0 amide bonds. The van der Waals surface area contributed by atoms with Crippen molar-refractivity contribution in [3.63, 3.8) is 0 Å². The second kappa shape index (κ2) is 8.12. The third-order valence-electron chi connectivity index (χ3n) is 7.04. The van der Waals surface area contributed by atoms with Crippen LogP contribution >= 0.6 is 0 Å². The fourth-order valence-electron chi connectivity index (χ4n) is 5.02. The van der Waals surface area contributed by atoms with E-state index in [0.29, 0.717) is 28.9 Å². The molecule has 1 N–H and O–H groups in total. The van der Waals surface area contributed by atoms with E-state index in [4.69, 9.17) is 9.47 Å². The Balaban J connectivity index is 1.18. The molecule has 1 saturated heterocycles. The van der Waals surface area contributed by atoms with Crippen LogP contribution in [0.5, 0.6) is 11.6 Å². The number of carbonyl (C=O) groups excluding carboxylic acids is 1. The number of aromatic nitrogens is 3. The van der Waals surface area contributed by atoms with E-state index in [1.54, 1.807) is 18.3 Å². The van der Waals surface area contributed by atoms with Gasteiger partial charge in [0.1, 0.15) is 5.75 Å². The molecule has 2 aliphatic rings. The molecule has 2 aromatic heterocycles. The van der Waals surface area contributed by atoms with E-state index in [0.717, 1.165) is 48.9 Å². The number of ether oxygens (including phenoxy) is 2. The fraction of sp³-hybridized carbons (Fsp3) is 0.296. The number of benzene rings is 2. The number of aromatic amines is 1. The van der Waals surface area contributed by atoms with E-state index in [2.05, 4.69) is 21.0 Å². The summed E-state index contributed by atoms with van der Waals surface area (Å²) in [6.45, 7) is 0.904. The average Bonchev–Trinajstić information content (AvgIpc) is 3.28. The first kappa shape index (κ1) is 20.1. The van der Waals surface area contributed by atoms with E-state index < -0.39 is 0 Å². The van der Waals surface area contributed by atoms with Crippen LogP contribution in [-0.4, -0.2) is 32.9 Å². The molecular formula is C27H25N3O3. The van der Waals surface area contributed by atoms with Gasteiger partial charge in [0, 0.05) is 17.3 Å². The molecule has 4 aromatic rings. The molecule has 0 unspecified atom stereocenters. The van der Waals surface area contributed by atoms with Gasteiger partial charge in [-0.25, -0.2) is 9.97 Å². The summed E-state index contributed by atoms with van der Waals surface area (Å²) in [5.74, 6) is 1.92. The average molecular weight is 440 g/mol. The van der Waals surface area contributed by atoms with Gasteiger partial charge in [-0.05, 0) is 80.5 Å². The molecule has 2 fully saturated rings. The number of rotatable bonds is 5. The summed E-state index contributed by atoms with van der Waals surface area (Å²) in [4.78, 5) is 24.9. The van der Waals surface area contributed by atoms with Crippen molar-refractivity contribution in [1.82, 2.24) is 15.0 Å². The Kier molecular flexibility index (Phi) is 4.95. The zero-order valence-corrected chi connectivity index (χ0v) is 18.3. The van der Waals surface area contributed by atoms with Crippen molar-refractivity contribution in [2.75, 3.05) is 6.61 Å². The zero-order chi connectivity index (χ0) is 22.3. The van der Waals surface area contributed by atoms with Crippen LogP contribution in [0.15, 0.2) is 66.9 Å². The van der Waals surface area contributed by atoms with E-state index in [1.807, 2.05) is 42.5 Å². The standard InChI is InChI=1S/C27H25N3O3/c31-24(25-29-22-5-1-2-6-23(22)30-25)19-7-9-20(10-8-19)33-26-21(4-3-16-28-26)18-11-13-27(14-12-18)15-17-32-27/h1-10,16,18H,11-15,17H2,(H,29,30). The maximum absolute atomic E-state index is 12.9. The Labute approximate surface area is 192 Å². The van der Waals surface area contributed by atoms with E-state index in [1.165, 1.54) is 6.42 Å². The predicted molar refractivity (Wildman–Crippen MR) is 125 cm³/mol. The van der Waals surface area contributed by atoms with Crippen molar-refractivity contribution < 1.29 is 14.3 Å². The minimum atomic E-state index is -0.148. The summed E-state index contributed by atoms with van der Waals surface area (Å²) in [7, 11) is 0. The Bertz CT molecular complexity index is 1260. The molecule has 33 heavy (non-hydrogen) atoms. The molecule has 0 atom stereocenters. The quantitative estimate of drug-likeness (QED) is 0.398. The zero-order valence-electron chi connectivity index (χ0n) is 18.3. The smallest absolute Gasteiger partial charge is 0.228 e. The van der Waals surface area contributed by atoms with Crippen molar-refractivity contribution in [3.8, 4) is 11.6 Å². The van der Waals surface area contributed by atoms with Crippen LogP contribution in [0.2, 0.25) is 0 Å². The number of pyridine rings is 1. The number of H-pyrrole nitrogens is 1. The van der Waals surface area contributed by atoms with Crippen molar-refractivity contribution in [1.29, 1.82) is 0 Å². The number of ketones is 1. The van der Waals surface area contributed by atoms with E-state index in [-0.39, 0.29) is 11.4 Å². The lowest BCUT2D eigenvalue weighted by molar-refractivity contribution is -0.166. The van der Waals surface area contributed by atoms with Gasteiger partial charge in [-0.2, -0.15) is 0 Å². The number of hydrogen-bond donors (Lipinski definition) is 1. The lowest BCUT2D eigenvalue weighted by Crippen LogP contribution is -2.46. The molecule has 0 bridgehead atoms. The summed E-state index contributed by atoms with van der Waals surface area (Å²) >= 11 is 0. The van der Waals surface area contributed by atoms with Gasteiger partial charge >= 0.3 is 0 Å². The minimum absolute atomic E-state index is 0.141. The van der Waals surface area contributed by atoms with Crippen molar-refractivity contribution >= 4 is 16.8 Å². The van der Waals surface area contributed by atoms with Crippen LogP contribution in [0.3, 0.4) is 0 Å². The lowest BCUT2D eigenvalue weighted by Gasteiger charge is -2.46. The van der Waals surface area contributed by atoms with Gasteiger partial charge in [0.2, 0.25) is 11.7 Å². The molecule has 1 aliphatic heterocycles. The Hall–Kier alpha value is -3.51. The highest BCUT2D eigenvalue weighted by Crippen LogP contribution is 2.47. The van der Waals surface area contributed by atoms with Gasteiger partial charge < -0.3 is 14.5 Å². The summed E-state index contributed by atoms with van der Waals surface area (Å²) < 4.78 is 12.0. The number of imidazole rings is 1. The van der Waals surface area contributed by atoms with Crippen molar-refractivity contribution in [2.24, 2.45) is 0 Å². The first-order chi connectivity index (χ1) is 16.2. The van der Waals surface area contributed by atoms with Gasteiger partial charge in [0.25, 0.3) is 0 Å². The first-order valence-corrected chi connectivity index (χ1v) is 11.6. The number of nitrogens with zero attached hydrogens (tertiary/aromatic N) is 2. The molecule has 2 aromatic carbocycles. The molecule has 3 heterocycles. The normalized spacial score (nSPS) is 22.2. The van der Waals surface area contributed by atoms with E-state index >= 15 is 0 Å². The van der Waals surface area contributed by atoms with Gasteiger partial charge in [0.15, 0.2) is 5.82 Å². The van der Waals surface area contributed by atoms with Gasteiger partial charge in [0.05, 0.1) is 23.2 Å². The fourth-order valence-corrected chi connectivity index (χ4v) is 5.02. The van der Waals surface area contributed by atoms with Crippen LogP contribution in [0.25, 0.3) is 11.0 Å². The van der Waals surface area contributed by atoms with Crippen LogP contribution in [0, 0.1) is 0 Å². The highest BCUT2D eigenvalue weighted by atomic mass is 16.5. The van der Waals surface area contributed by atoms with Crippen molar-refractivity contribution in [3.05, 3.63) is 83.8 Å². The number of para-hydroxylation sites is 2. The van der Waals surface area contributed by atoms with Crippen LogP contribution in [0.4, 0.5) is 0 Å². The first-order valence-electron chi connectivity index (χ1n) is 11.6. The SMILES string of the molecule is O=C(c1ccc(Oc2ncccc2C2CCC3(CCO3)CC2)cc1)c1nc2ccccc2[nH]1. The van der Waals surface area contributed by atoms with Crippen LogP contribution in [0.1, 0.15) is 59.8 Å². The Morgan fingerprint density at radius 2 is 1.79 bits per heavy atom. The highest BCUT2D eigenvalue weighted by molar-refractivity contribution is 6.08. The van der Waals surface area contributed by atoms with Gasteiger partial charge in [-0.3, -0.25) is 4.79 Å². The Morgan fingerprint density at radius 3 is 2.52 bits per heavy atom. The maximum atomic E-state index is 12.9. The summed E-state index contributed by atoms with van der Waals surface area (Å²) in [5, 5.41) is 0. The third-order valence-corrected chi connectivity index (χ3v) is 7.04. The minimum Gasteiger partial charge on any atom is -0.439 e. The lowest BCUT2D eigenvalue weighted by atomic mass is 9.73. The topological polar surface area (TPSA) is 77.1 Å². The third kappa shape index (κ3) is 3.80. The van der Waals surface area contributed by atoms with Crippen LogP contribution < -0.4 is 4.74 Å². The molecule has 6 heteroatoms. The summed E-state index contributed by atoms with van der Waals surface area (Å²) in [6.07, 6.45) is 7.34.